The number of hydrogen-bond acceptors (Lipinski definition) is 3. The molecule has 0 amide bonds. The van der Waals surface area contributed by atoms with Gasteiger partial charge >= 0.3 is 0 Å². The lowest BCUT2D eigenvalue weighted by Gasteiger charge is -2.46. The summed E-state index contributed by atoms with van der Waals surface area (Å²) in [6.07, 6.45) is 4.90. The van der Waals surface area contributed by atoms with Crippen LogP contribution in [0.25, 0.3) is 0 Å². The second-order valence-corrected chi connectivity index (χ2v) is 4.73. The highest BCUT2D eigenvalue weighted by Gasteiger charge is 2.40. The van der Waals surface area contributed by atoms with Crippen LogP contribution in [0.15, 0.2) is 12.7 Å². The summed E-state index contributed by atoms with van der Waals surface area (Å²) < 4.78 is 5.83. The summed E-state index contributed by atoms with van der Waals surface area (Å²) in [6, 6.07) is 0. The molecule has 1 saturated heterocycles. The molecule has 3 N–H and O–H groups in total. The molecule has 2 atom stereocenters. The summed E-state index contributed by atoms with van der Waals surface area (Å²) in [6.45, 7) is 10.4. The lowest BCUT2D eigenvalue weighted by atomic mass is 9.79. The van der Waals surface area contributed by atoms with Crippen molar-refractivity contribution in [3.8, 4) is 0 Å². The Balaban J connectivity index is 2.67. The first-order chi connectivity index (χ1) is 7.10. The maximum Gasteiger partial charge on any atom is 0.0670 e. The Morgan fingerprint density at radius 1 is 1.60 bits per heavy atom. The van der Waals surface area contributed by atoms with Crippen LogP contribution >= 0.6 is 0 Å². The minimum absolute atomic E-state index is 0.0220. The van der Waals surface area contributed by atoms with Gasteiger partial charge in [0.05, 0.1) is 5.60 Å². The van der Waals surface area contributed by atoms with E-state index in [0.29, 0.717) is 6.54 Å². The highest BCUT2D eigenvalue weighted by Crippen LogP contribution is 2.33. The van der Waals surface area contributed by atoms with Crippen molar-refractivity contribution in [1.29, 1.82) is 0 Å². The van der Waals surface area contributed by atoms with Crippen LogP contribution in [-0.4, -0.2) is 30.8 Å². The SMILES string of the molecule is C=CCNC1(CN)CCOC(C)(CC)C1. The molecule has 2 unspecified atom stereocenters. The van der Waals surface area contributed by atoms with E-state index in [1.807, 2.05) is 6.08 Å². The first-order valence-electron chi connectivity index (χ1n) is 5.80. The zero-order valence-electron chi connectivity index (χ0n) is 10.0. The normalized spacial score (nSPS) is 36.5. The van der Waals surface area contributed by atoms with E-state index in [9.17, 15) is 0 Å². The minimum Gasteiger partial charge on any atom is -0.375 e. The van der Waals surface area contributed by atoms with E-state index < -0.39 is 0 Å². The van der Waals surface area contributed by atoms with Crippen molar-refractivity contribution in [2.24, 2.45) is 5.73 Å². The number of hydrogen-bond donors (Lipinski definition) is 2. The van der Waals surface area contributed by atoms with Gasteiger partial charge in [-0.2, -0.15) is 0 Å². The Kier molecular flexibility index (Phi) is 4.32. The van der Waals surface area contributed by atoms with E-state index in [1.165, 1.54) is 0 Å². The van der Waals surface area contributed by atoms with Crippen molar-refractivity contribution in [1.82, 2.24) is 5.32 Å². The molecule has 0 aromatic carbocycles. The van der Waals surface area contributed by atoms with Gasteiger partial charge in [-0.1, -0.05) is 13.0 Å². The molecule has 1 heterocycles. The zero-order chi connectivity index (χ0) is 11.4. The molecular formula is C12H24N2O. The van der Waals surface area contributed by atoms with Crippen molar-refractivity contribution >= 4 is 0 Å². The first kappa shape index (κ1) is 12.7. The average Bonchev–Trinajstić information content (AvgIpc) is 2.27. The molecule has 0 saturated carbocycles. The smallest absolute Gasteiger partial charge is 0.0670 e. The topological polar surface area (TPSA) is 47.3 Å². The summed E-state index contributed by atoms with van der Waals surface area (Å²) in [5.74, 6) is 0. The summed E-state index contributed by atoms with van der Waals surface area (Å²) in [4.78, 5) is 0. The molecular weight excluding hydrogens is 188 g/mol. The molecule has 0 radical (unpaired) electrons. The molecule has 0 aromatic rings. The van der Waals surface area contributed by atoms with Crippen LogP contribution in [0.3, 0.4) is 0 Å². The Morgan fingerprint density at radius 2 is 2.33 bits per heavy atom. The van der Waals surface area contributed by atoms with Crippen LogP contribution in [0.1, 0.15) is 33.1 Å². The lowest BCUT2D eigenvalue weighted by molar-refractivity contribution is -0.0988. The number of nitrogens with one attached hydrogen (secondary N) is 1. The Bertz CT molecular complexity index is 220. The average molecular weight is 212 g/mol. The van der Waals surface area contributed by atoms with Gasteiger partial charge in [0.2, 0.25) is 0 Å². The van der Waals surface area contributed by atoms with Crippen molar-refractivity contribution in [2.75, 3.05) is 19.7 Å². The maximum absolute atomic E-state index is 5.90. The van der Waals surface area contributed by atoms with Crippen LogP contribution < -0.4 is 11.1 Å². The molecule has 3 heteroatoms. The van der Waals surface area contributed by atoms with Crippen LogP contribution in [-0.2, 0) is 4.74 Å². The second kappa shape index (κ2) is 5.10. The standard InChI is InChI=1S/C12H24N2O/c1-4-7-14-12(10-13)6-8-15-11(3,5-2)9-12/h4,14H,1,5-10,13H2,2-3H3. The summed E-state index contributed by atoms with van der Waals surface area (Å²) in [5, 5.41) is 3.50. The maximum atomic E-state index is 5.90. The van der Waals surface area contributed by atoms with Crippen molar-refractivity contribution < 1.29 is 4.74 Å². The van der Waals surface area contributed by atoms with E-state index >= 15 is 0 Å². The van der Waals surface area contributed by atoms with Crippen LogP contribution in [0, 0.1) is 0 Å². The molecule has 1 aliphatic heterocycles. The molecule has 15 heavy (non-hydrogen) atoms. The molecule has 0 aliphatic carbocycles. The third-order valence-electron chi connectivity index (χ3n) is 3.50. The Labute approximate surface area is 93.1 Å². The molecule has 0 bridgehead atoms. The van der Waals surface area contributed by atoms with Crippen LogP contribution in [0.5, 0.6) is 0 Å². The Hall–Kier alpha value is -0.380. The third-order valence-corrected chi connectivity index (χ3v) is 3.50. The zero-order valence-corrected chi connectivity index (χ0v) is 10.0. The Morgan fingerprint density at radius 3 is 2.87 bits per heavy atom. The number of nitrogens with two attached hydrogens (primary N) is 1. The monoisotopic (exact) mass is 212 g/mol. The minimum atomic E-state index is -0.0220. The first-order valence-corrected chi connectivity index (χ1v) is 5.80. The van der Waals surface area contributed by atoms with Gasteiger partial charge in [0.15, 0.2) is 0 Å². The highest BCUT2D eigenvalue weighted by atomic mass is 16.5. The van der Waals surface area contributed by atoms with E-state index in [4.69, 9.17) is 10.5 Å². The van der Waals surface area contributed by atoms with Gasteiger partial charge in [0.1, 0.15) is 0 Å². The van der Waals surface area contributed by atoms with Gasteiger partial charge in [-0.15, -0.1) is 6.58 Å². The molecule has 3 nitrogen and oxygen atoms in total. The molecule has 1 aliphatic rings. The number of rotatable bonds is 5. The molecule has 0 aromatic heterocycles. The third kappa shape index (κ3) is 3.03. The summed E-state index contributed by atoms with van der Waals surface area (Å²) in [7, 11) is 0. The van der Waals surface area contributed by atoms with Gasteiger partial charge in [-0.25, -0.2) is 0 Å². The fraction of sp³-hybridized carbons (Fsp3) is 0.833. The molecule has 1 fully saturated rings. The number of ether oxygens (including phenoxy) is 1. The van der Waals surface area contributed by atoms with Gasteiger partial charge in [0.25, 0.3) is 0 Å². The van der Waals surface area contributed by atoms with Gasteiger partial charge in [-0.3, -0.25) is 0 Å². The fourth-order valence-electron chi connectivity index (χ4n) is 2.26. The van der Waals surface area contributed by atoms with E-state index in [2.05, 4.69) is 25.7 Å². The van der Waals surface area contributed by atoms with Crippen molar-refractivity contribution in [3.63, 3.8) is 0 Å². The van der Waals surface area contributed by atoms with Gasteiger partial charge in [0, 0.05) is 25.2 Å². The largest absolute Gasteiger partial charge is 0.375 e. The van der Waals surface area contributed by atoms with Crippen LogP contribution in [0.4, 0.5) is 0 Å². The van der Waals surface area contributed by atoms with E-state index in [-0.39, 0.29) is 11.1 Å². The van der Waals surface area contributed by atoms with Crippen molar-refractivity contribution in [3.05, 3.63) is 12.7 Å². The fourth-order valence-corrected chi connectivity index (χ4v) is 2.26. The lowest BCUT2D eigenvalue weighted by Crippen LogP contribution is -2.59. The summed E-state index contributed by atoms with van der Waals surface area (Å²) in [5.41, 5.74) is 5.92. The predicted molar refractivity (Wildman–Crippen MR) is 63.9 cm³/mol. The van der Waals surface area contributed by atoms with Gasteiger partial charge in [-0.05, 0) is 26.2 Å². The molecule has 0 spiro atoms. The second-order valence-electron chi connectivity index (χ2n) is 4.73. The van der Waals surface area contributed by atoms with Crippen molar-refractivity contribution in [2.45, 2.75) is 44.2 Å². The van der Waals surface area contributed by atoms with Gasteiger partial charge < -0.3 is 15.8 Å². The molecule has 88 valence electrons. The van der Waals surface area contributed by atoms with E-state index in [1.54, 1.807) is 0 Å². The quantitative estimate of drug-likeness (QED) is 0.678. The van der Waals surface area contributed by atoms with E-state index in [0.717, 1.165) is 32.4 Å². The highest BCUT2D eigenvalue weighted by molar-refractivity contribution is 4.99. The predicted octanol–water partition coefficient (Wildman–Crippen LogP) is 1.44. The van der Waals surface area contributed by atoms with Crippen LogP contribution in [0.2, 0.25) is 0 Å². The molecule has 1 rings (SSSR count). The summed E-state index contributed by atoms with van der Waals surface area (Å²) >= 11 is 0.